The zero-order valence-electron chi connectivity index (χ0n) is 22.4. The topological polar surface area (TPSA) is 115 Å². The van der Waals surface area contributed by atoms with Crippen LogP contribution in [0.5, 0.6) is 5.75 Å². The maximum atomic E-state index is 14.1. The number of hydrogen-bond donors (Lipinski definition) is 3. The predicted molar refractivity (Wildman–Crippen MR) is 152 cm³/mol. The Labute approximate surface area is 227 Å². The molecule has 4 rings (SSSR count). The summed E-state index contributed by atoms with van der Waals surface area (Å²) in [7, 11) is 1.54. The summed E-state index contributed by atoms with van der Waals surface area (Å²) in [6.07, 6.45) is 0. The number of carbonyl (C=O) groups is 3. The summed E-state index contributed by atoms with van der Waals surface area (Å²) in [4.78, 5) is 41.9. The van der Waals surface area contributed by atoms with Crippen LogP contribution in [0.25, 0.3) is 0 Å². The van der Waals surface area contributed by atoms with Crippen LogP contribution in [0.15, 0.2) is 84.0 Å². The van der Waals surface area contributed by atoms with Crippen LogP contribution < -0.4 is 30.6 Å². The zero-order valence-corrected chi connectivity index (χ0v) is 22.4. The Morgan fingerprint density at radius 2 is 1.59 bits per heavy atom. The molecule has 39 heavy (non-hydrogen) atoms. The van der Waals surface area contributed by atoms with Gasteiger partial charge in [0, 0.05) is 37.0 Å². The highest BCUT2D eigenvalue weighted by atomic mass is 16.5. The third-order valence-electron chi connectivity index (χ3n) is 6.34. The predicted octanol–water partition coefficient (Wildman–Crippen LogP) is 3.58. The van der Waals surface area contributed by atoms with Crippen molar-refractivity contribution in [2.24, 2.45) is 5.10 Å². The lowest BCUT2D eigenvalue weighted by molar-refractivity contribution is -0.127. The number of rotatable bonds is 9. The van der Waals surface area contributed by atoms with Gasteiger partial charge in [-0.15, -0.1) is 5.10 Å². The number of amides is 3. The number of hydrogen-bond acceptors (Lipinski definition) is 7. The molecule has 1 atom stereocenters. The minimum absolute atomic E-state index is 0.0693. The molecule has 10 heteroatoms. The summed E-state index contributed by atoms with van der Waals surface area (Å²) in [5.41, 5.74) is 0.482. The highest BCUT2D eigenvalue weighted by molar-refractivity contribution is 6.28. The second kappa shape index (κ2) is 11.7. The van der Waals surface area contributed by atoms with Crippen LogP contribution >= 0.6 is 0 Å². The van der Waals surface area contributed by atoms with Gasteiger partial charge in [0.25, 0.3) is 11.6 Å². The molecule has 0 aromatic heterocycles. The fourth-order valence-corrected chi connectivity index (χ4v) is 4.35. The van der Waals surface area contributed by atoms with Gasteiger partial charge >= 0.3 is 5.91 Å². The molecular formula is C29H32N6O4. The van der Waals surface area contributed by atoms with Crippen molar-refractivity contribution in [3.8, 4) is 5.75 Å². The zero-order chi connectivity index (χ0) is 28.0. The molecule has 3 aromatic carbocycles. The number of carbonyl (C=O) groups excluding carboxylic acids is 3. The monoisotopic (exact) mass is 528 g/mol. The van der Waals surface area contributed by atoms with E-state index in [0.29, 0.717) is 22.7 Å². The van der Waals surface area contributed by atoms with Crippen molar-refractivity contribution in [1.82, 2.24) is 10.6 Å². The average Bonchev–Trinajstić information content (AvgIpc) is 3.20. The Morgan fingerprint density at radius 1 is 0.949 bits per heavy atom. The van der Waals surface area contributed by atoms with Crippen LogP contribution in [0, 0.1) is 0 Å². The Bertz CT molecular complexity index is 1350. The molecule has 1 aliphatic rings. The fourth-order valence-electron chi connectivity index (χ4n) is 4.35. The lowest BCUT2D eigenvalue weighted by Crippen LogP contribution is -2.67. The lowest BCUT2D eigenvalue weighted by atomic mass is 10.1. The number of nitrogens with zero attached hydrogens (tertiary/aromatic N) is 3. The van der Waals surface area contributed by atoms with E-state index in [1.165, 1.54) is 6.92 Å². The number of nitrogens with one attached hydrogen (secondary N) is 3. The van der Waals surface area contributed by atoms with Gasteiger partial charge in [0.1, 0.15) is 5.75 Å². The van der Waals surface area contributed by atoms with Crippen LogP contribution in [0.1, 0.15) is 31.1 Å². The molecule has 3 N–H and O–H groups in total. The van der Waals surface area contributed by atoms with E-state index < -0.39 is 23.4 Å². The Kier molecular flexibility index (Phi) is 8.14. The summed E-state index contributed by atoms with van der Waals surface area (Å²) in [5, 5.41) is 14.3. The summed E-state index contributed by atoms with van der Waals surface area (Å²) < 4.78 is 5.23. The van der Waals surface area contributed by atoms with E-state index in [4.69, 9.17) is 4.74 Å². The molecule has 3 amide bonds. The largest absolute Gasteiger partial charge is 0.497 e. The first kappa shape index (κ1) is 27.2. The molecule has 1 aliphatic heterocycles. The maximum absolute atomic E-state index is 14.1. The van der Waals surface area contributed by atoms with Crippen LogP contribution in [0.2, 0.25) is 0 Å². The Hall–Kier alpha value is -4.86. The molecule has 0 aliphatic carbocycles. The van der Waals surface area contributed by atoms with Gasteiger partial charge in [-0.3, -0.25) is 14.4 Å². The first-order chi connectivity index (χ1) is 18.8. The van der Waals surface area contributed by atoms with Gasteiger partial charge in [0.05, 0.1) is 12.8 Å². The quantitative estimate of drug-likeness (QED) is 0.366. The highest BCUT2D eigenvalue weighted by Gasteiger charge is 2.54. The smallest absolute Gasteiger partial charge is 0.302 e. The number of amidine groups is 1. The second-order valence-electron chi connectivity index (χ2n) is 8.86. The van der Waals surface area contributed by atoms with Crippen LogP contribution in [-0.2, 0) is 9.59 Å². The van der Waals surface area contributed by atoms with E-state index in [1.54, 1.807) is 61.7 Å². The van der Waals surface area contributed by atoms with E-state index in [-0.39, 0.29) is 5.84 Å². The van der Waals surface area contributed by atoms with E-state index in [2.05, 4.69) is 39.8 Å². The number of anilines is 3. The summed E-state index contributed by atoms with van der Waals surface area (Å²) in [6.45, 7) is 7.13. The maximum Gasteiger partial charge on any atom is 0.302 e. The number of methoxy groups -OCH3 is 1. The minimum atomic E-state index is -1.88. The molecule has 3 aromatic rings. The molecule has 10 nitrogen and oxygen atoms in total. The van der Waals surface area contributed by atoms with Gasteiger partial charge in [-0.25, -0.2) is 0 Å². The summed E-state index contributed by atoms with van der Waals surface area (Å²) >= 11 is 0. The van der Waals surface area contributed by atoms with Gasteiger partial charge in [-0.1, -0.05) is 18.2 Å². The molecule has 0 saturated heterocycles. The summed E-state index contributed by atoms with van der Waals surface area (Å²) in [5.74, 6) is -1.04. The fraction of sp³-hybridized carbons (Fsp3) is 0.241. The van der Waals surface area contributed by atoms with Gasteiger partial charge in [0.15, 0.2) is 5.84 Å². The molecule has 0 saturated carbocycles. The Morgan fingerprint density at radius 3 is 2.15 bits per heavy atom. The van der Waals surface area contributed by atoms with Crippen molar-refractivity contribution in [2.75, 3.05) is 35.4 Å². The molecule has 1 heterocycles. The van der Waals surface area contributed by atoms with Gasteiger partial charge in [0.2, 0.25) is 5.91 Å². The van der Waals surface area contributed by atoms with Gasteiger partial charge in [-0.05, 0) is 74.5 Å². The van der Waals surface area contributed by atoms with Crippen LogP contribution in [-0.4, -0.2) is 49.4 Å². The van der Waals surface area contributed by atoms with E-state index in [0.717, 1.165) is 23.8 Å². The molecule has 1 unspecified atom stereocenters. The average molecular weight is 529 g/mol. The van der Waals surface area contributed by atoms with E-state index in [1.807, 2.05) is 24.3 Å². The van der Waals surface area contributed by atoms with Crippen molar-refractivity contribution in [3.05, 3.63) is 84.4 Å². The molecular weight excluding hydrogens is 496 g/mol. The SMILES string of the molecule is CCN(CC)c1ccc(NC2(NC(C)=O)C(=O)N(c3ccc(OC)cc3)N=C2NC(=O)c2ccccc2)cc1. The lowest BCUT2D eigenvalue weighted by Gasteiger charge is -2.31. The molecule has 0 fully saturated rings. The Balaban J connectivity index is 1.76. The first-order valence-corrected chi connectivity index (χ1v) is 12.7. The van der Waals surface area contributed by atoms with Crippen molar-refractivity contribution in [3.63, 3.8) is 0 Å². The molecule has 0 radical (unpaired) electrons. The summed E-state index contributed by atoms with van der Waals surface area (Å²) in [6, 6.07) is 22.8. The van der Waals surface area contributed by atoms with Crippen LogP contribution in [0.3, 0.4) is 0 Å². The van der Waals surface area contributed by atoms with Gasteiger partial charge in [-0.2, -0.15) is 5.01 Å². The number of benzene rings is 3. The standard InChI is InChI=1S/C29H32N6O4/c1-5-34(6-2)23-14-12-22(13-15-23)32-29(31-20(3)36)27(30-26(37)21-10-8-7-9-11-21)33-35(28(29)38)24-16-18-25(39-4)19-17-24/h7-19,32H,5-6H2,1-4H3,(H,31,36)(H,30,33,37). The molecule has 0 bridgehead atoms. The van der Waals surface area contributed by atoms with Crippen molar-refractivity contribution in [1.29, 1.82) is 0 Å². The molecule has 0 spiro atoms. The second-order valence-corrected chi connectivity index (χ2v) is 8.86. The van der Waals surface area contributed by atoms with Crippen LogP contribution in [0.4, 0.5) is 17.1 Å². The van der Waals surface area contributed by atoms with E-state index >= 15 is 0 Å². The first-order valence-electron chi connectivity index (χ1n) is 12.7. The van der Waals surface area contributed by atoms with Crippen molar-refractivity contribution in [2.45, 2.75) is 26.4 Å². The van der Waals surface area contributed by atoms with Crippen molar-refractivity contribution >= 4 is 40.6 Å². The number of ether oxygens (including phenoxy) is 1. The van der Waals surface area contributed by atoms with Crippen molar-refractivity contribution < 1.29 is 19.1 Å². The van der Waals surface area contributed by atoms with E-state index in [9.17, 15) is 14.4 Å². The highest BCUT2D eigenvalue weighted by Crippen LogP contribution is 2.30. The molecule has 202 valence electrons. The normalized spacial score (nSPS) is 16.4. The number of hydrazone groups is 1. The minimum Gasteiger partial charge on any atom is -0.497 e. The third-order valence-corrected chi connectivity index (χ3v) is 6.34. The third kappa shape index (κ3) is 5.69. The van der Waals surface area contributed by atoms with Gasteiger partial charge < -0.3 is 25.6 Å².